The average molecular weight is 271 g/mol. The van der Waals surface area contributed by atoms with Crippen LogP contribution in [0.4, 0.5) is 4.79 Å². The van der Waals surface area contributed by atoms with Crippen LogP contribution in [0, 0.1) is 5.41 Å². The van der Waals surface area contributed by atoms with Gasteiger partial charge in [-0.15, -0.1) is 0 Å². The van der Waals surface area contributed by atoms with Gasteiger partial charge in [-0.1, -0.05) is 6.92 Å². The number of aliphatic carboxylic acids is 1. The number of likely N-dealkylation sites (N-methyl/N-ethyl adjacent to an activating group) is 1. The van der Waals surface area contributed by atoms with E-state index in [4.69, 9.17) is 0 Å². The molecule has 1 saturated heterocycles. The highest BCUT2D eigenvalue weighted by Gasteiger charge is 2.42. The number of hydrogen-bond donors (Lipinski definition) is 2. The Balaban J connectivity index is 2.54. The number of carboxylic acids is 1. The molecule has 2 amide bonds. The smallest absolute Gasteiger partial charge is 0.317 e. The molecule has 1 aliphatic heterocycles. The fourth-order valence-electron chi connectivity index (χ4n) is 2.42. The Morgan fingerprint density at radius 3 is 2.63 bits per heavy atom. The van der Waals surface area contributed by atoms with Crippen molar-refractivity contribution in [1.82, 2.24) is 15.1 Å². The summed E-state index contributed by atoms with van der Waals surface area (Å²) in [6.07, 6.45) is 1.96. The number of likely N-dealkylation sites (tertiary alicyclic amines) is 1. The summed E-state index contributed by atoms with van der Waals surface area (Å²) in [5.41, 5.74) is -0.767. The van der Waals surface area contributed by atoms with Crippen LogP contribution in [0.3, 0.4) is 0 Å². The molecule has 1 fully saturated rings. The number of nitrogens with one attached hydrogen (secondary N) is 1. The van der Waals surface area contributed by atoms with Crippen LogP contribution in [0.25, 0.3) is 0 Å². The van der Waals surface area contributed by atoms with E-state index in [2.05, 4.69) is 5.32 Å². The average Bonchev–Trinajstić information content (AvgIpc) is 2.38. The third-order valence-corrected chi connectivity index (χ3v) is 3.83. The van der Waals surface area contributed by atoms with Crippen molar-refractivity contribution in [2.24, 2.45) is 5.41 Å². The molecule has 0 radical (unpaired) electrons. The van der Waals surface area contributed by atoms with Crippen LogP contribution in [-0.4, -0.2) is 67.2 Å². The number of carbonyl (C=O) groups excluding carboxylic acids is 1. The van der Waals surface area contributed by atoms with Crippen molar-refractivity contribution >= 4 is 12.0 Å². The summed E-state index contributed by atoms with van der Waals surface area (Å²) in [5.74, 6) is -0.791. The summed E-state index contributed by atoms with van der Waals surface area (Å²) >= 11 is 0. The predicted molar refractivity (Wildman–Crippen MR) is 73.1 cm³/mol. The van der Waals surface area contributed by atoms with Crippen molar-refractivity contribution in [2.45, 2.75) is 26.2 Å². The first-order valence-electron chi connectivity index (χ1n) is 6.82. The number of amides is 2. The van der Waals surface area contributed by atoms with Crippen LogP contribution in [-0.2, 0) is 4.79 Å². The van der Waals surface area contributed by atoms with Gasteiger partial charge in [-0.05, 0) is 33.4 Å². The molecule has 1 unspecified atom stereocenters. The number of carbonyl (C=O) groups is 2. The van der Waals surface area contributed by atoms with E-state index in [-0.39, 0.29) is 6.03 Å². The van der Waals surface area contributed by atoms with E-state index in [9.17, 15) is 14.7 Å². The third-order valence-electron chi connectivity index (χ3n) is 3.83. The largest absolute Gasteiger partial charge is 0.481 e. The lowest BCUT2D eigenvalue weighted by molar-refractivity contribution is -0.152. The lowest BCUT2D eigenvalue weighted by atomic mass is 9.78. The molecule has 6 heteroatoms. The van der Waals surface area contributed by atoms with E-state index >= 15 is 0 Å². The molecule has 0 aromatic carbocycles. The Labute approximate surface area is 114 Å². The van der Waals surface area contributed by atoms with Crippen molar-refractivity contribution in [3.05, 3.63) is 0 Å². The number of rotatable bonds is 5. The quantitative estimate of drug-likeness (QED) is 0.777. The van der Waals surface area contributed by atoms with Gasteiger partial charge in [-0.3, -0.25) is 4.79 Å². The minimum absolute atomic E-state index is 0.152. The Morgan fingerprint density at radius 2 is 2.11 bits per heavy atom. The highest BCUT2D eigenvalue weighted by Crippen LogP contribution is 2.33. The lowest BCUT2D eigenvalue weighted by Gasteiger charge is -2.39. The minimum atomic E-state index is -0.791. The van der Waals surface area contributed by atoms with Gasteiger partial charge < -0.3 is 20.2 Å². The van der Waals surface area contributed by atoms with Crippen LogP contribution in [0.1, 0.15) is 26.2 Å². The molecule has 0 aliphatic carbocycles. The van der Waals surface area contributed by atoms with Crippen molar-refractivity contribution in [3.63, 3.8) is 0 Å². The van der Waals surface area contributed by atoms with Crippen LogP contribution in [0.2, 0.25) is 0 Å². The van der Waals surface area contributed by atoms with E-state index in [0.717, 1.165) is 13.0 Å². The second kappa shape index (κ2) is 6.75. The predicted octanol–water partition coefficient (Wildman–Crippen LogP) is 0.834. The van der Waals surface area contributed by atoms with Crippen LogP contribution in [0.15, 0.2) is 0 Å². The maximum atomic E-state index is 12.0. The molecule has 0 aromatic heterocycles. The molecule has 2 N–H and O–H groups in total. The standard InChI is InChI=1S/C13H25N3O3/c1-4-13(11(17)18)6-5-8-16(10-13)12(19)14-7-9-15(2)3/h4-10H2,1-3H3,(H,14,19)(H,17,18). The third kappa shape index (κ3) is 4.09. The molecule has 6 nitrogen and oxygen atoms in total. The van der Waals surface area contributed by atoms with Gasteiger partial charge in [0.1, 0.15) is 0 Å². The molecular weight excluding hydrogens is 246 g/mol. The van der Waals surface area contributed by atoms with Crippen LogP contribution >= 0.6 is 0 Å². The van der Waals surface area contributed by atoms with Crippen molar-refractivity contribution in [2.75, 3.05) is 40.3 Å². The molecule has 0 aromatic rings. The van der Waals surface area contributed by atoms with Gasteiger partial charge in [0, 0.05) is 26.2 Å². The molecule has 1 aliphatic rings. The molecule has 19 heavy (non-hydrogen) atoms. The summed E-state index contributed by atoms with van der Waals surface area (Å²) in [4.78, 5) is 27.0. The number of nitrogens with zero attached hydrogens (tertiary/aromatic N) is 2. The SMILES string of the molecule is CCC1(C(=O)O)CCCN(C(=O)NCCN(C)C)C1. The number of hydrogen-bond acceptors (Lipinski definition) is 3. The van der Waals surface area contributed by atoms with Gasteiger partial charge in [-0.2, -0.15) is 0 Å². The van der Waals surface area contributed by atoms with E-state index in [1.165, 1.54) is 0 Å². The molecule has 0 spiro atoms. The zero-order valence-electron chi connectivity index (χ0n) is 12.1. The summed E-state index contributed by atoms with van der Waals surface area (Å²) in [7, 11) is 3.89. The van der Waals surface area contributed by atoms with Gasteiger partial charge in [0.2, 0.25) is 0 Å². The first-order chi connectivity index (χ1) is 8.91. The first kappa shape index (κ1) is 15.8. The maximum Gasteiger partial charge on any atom is 0.317 e. The van der Waals surface area contributed by atoms with Crippen molar-refractivity contribution in [3.8, 4) is 0 Å². The van der Waals surface area contributed by atoms with Crippen molar-refractivity contribution < 1.29 is 14.7 Å². The fraction of sp³-hybridized carbons (Fsp3) is 0.846. The normalized spacial score (nSPS) is 23.5. The van der Waals surface area contributed by atoms with E-state index in [0.29, 0.717) is 32.5 Å². The number of urea groups is 1. The zero-order chi connectivity index (χ0) is 14.5. The second-order valence-corrected chi connectivity index (χ2v) is 5.50. The van der Waals surface area contributed by atoms with E-state index in [1.54, 1.807) is 4.90 Å². The minimum Gasteiger partial charge on any atom is -0.481 e. The zero-order valence-corrected chi connectivity index (χ0v) is 12.1. The van der Waals surface area contributed by atoms with E-state index in [1.807, 2.05) is 25.9 Å². The second-order valence-electron chi connectivity index (χ2n) is 5.50. The number of carboxylic acid groups (broad SMARTS) is 1. The van der Waals surface area contributed by atoms with E-state index < -0.39 is 11.4 Å². The van der Waals surface area contributed by atoms with Crippen LogP contribution < -0.4 is 5.32 Å². The molecule has 1 heterocycles. The Bertz CT molecular complexity index is 333. The fourth-order valence-corrected chi connectivity index (χ4v) is 2.42. The summed E-state index contributed by atoms with van der Waals surface area (Å²) in [6.45, 7) is 4.18. The first-order valence-corrected chi connectivity index (χ1v) is 6.82. The monoisotopic (exact) mass is 271 g/mol. The lowest BCUT2D eigenvalue weighted by Crippen LogP contribution is -2.53. The van der Waals surface area contributed by atoms with Crippen molar-refractivity contribution in [1.29, 1.82) is 0 Å². The molecular formula is C13H25N3O3. The summed E-state index contributed by atoms with van der Waals surface area (Å²) in [5, 5.41) is 12.2. The van der Waals surface area contributed by atoms with Gasteiger partial charge >= 0.3 is 12.0 Å². The van der Waals surface area contributed by atoms with Gasteiger partial charge in [-0.25, -0.2) is 4.79 Å². The van der Waals surface area contributed by atoms with Crippen LogP contribution in [0.5, 0.6) is 0 Å². The highest BCUT2D eigenvalue weighted by atomic mass is 16.4. The molecule has 1 rings (SSSR count). The van der Waals surface area contributed by atoms with Gasteiger partial charge in [0.15, 0.2) is 0 Å². The molecule has 0 saturated carbocycles. The van der Waals surface area contributed by atoms with Gasteiger partial charge in [0.25, 0.3) is 0 Å². The maximum absolute atomic E-state index is 12.0. The summed E-state index contributed by atoms with van der Waals surface area (Å²) in [6, 6.07) is -0.152. The number of piperidine rings is 1. The molecule has 1 atom stereocenters. The Kier molecular flexibility index (Phi) is 5.60. The summed E-state index contributed by atoms with van der Waals surface area (Å²) < 4.78 is 0. The topological polar surface area (TPSA) is 72.9 Å². The highest BCUT2D eigenvalue weighted by molar-refractivity contribution is 5.78. The molecule has 0 bridgehead atoms. The molecule has 110 valence electrons. The van der Waals surface area contributed by atoms with Gasteiger partial charge in [0.05, 0.1) is 5.41 Å². The Hall–Kier alpha value is -1.30. The Morgan fingerprint density at radius 1 is 1.42 bits per heavy atom.